The van der Waals surface area contributed by atoms with Crippen molar-refractivity contribution in [2.75, 3.05) is 5.73 Å². The molecule has 2 aromatic carbocycles. The SMILES string of the molecule is Cc1cc(N)c(Cl)c(C)c1Oc1ccc(Cl)cc1Cl. The van der Waals surface area contributed by atoms with Crippen molar-refractivity contribution in [1.82, 2.24) is 0 Å². The van der Waals surface area contributed by atoms with Crippen LogP contribution < -0.4 is 10.5 Å². The van der Waals surface area contributed by atoms with Crippen LogP contribution in [0.3, 0.4) is 0 Å². The number of nitrogen functional groups attached to an aromatic ring is 1. The van der Waals surface area contributed by atoms with E-state index in [-0.39, 0.29) is 0 Å². The van der Waals surface area contributed by atoms with Crippen molar-refractivity contribution in [2.45, 2.75) is 13.8 Å². The van der Waals surface area contributed by atoms with Gasteiger partial charge in [0.05, 0.1) is 15.7 Å². The van der Waals surface area contributed by atoms with Gasteiger partial charge in [0.15, 0.2) is 0 Å². The van der Waals surface area contributed by atoms with Gasteiger partial charge < -0.3 is 10.5 Å². The fourth-order valence-electron chi connectivity index (χ4n) is 1.80. The van der Waals surface area contributed by atoms with Crippen LogP contribution in [0.25, 0.3) is 0 Å². The van der Waals surface area contributed by atoms with Crippen LogP contribution in [0, 0.1) is 13.8 Å². The van der Waals surface area contributed by atoms with Crippen molar-refractivity contribution < 1.29 is 4.74 Å². The van der Waals surface area contributed by atoms with Gasteiger partial charge in [-0.3, -0.25) is 0 Å². The van der Waals surface area contributed by atoms with Gasteiger partial charge >= 0.3 is 0 Å². The number of aryl methyl sites for hydroxylation is 1. The van der Waals surface area contributed by atoms with Crippen LogP contribution in [0.2, 0.25) is 15.1 Å². The van der Waals surface area contributed by atoms with Gasteiger partial charge in [0, 0.05) is 10.6 Å². The average molecular weight is 317 g/mol. The van der Waals surface area contributed by atoms with Crippen molar-refractivity contribution in [2.24, 2.45) is 0 Å². The van der Waals surface area contributed by atoms with E-state index in [1.54, 1.807) is 24.3 Å². The molecule has 0 saturated carbocycles. The summed E-state index contributed by atoms with van der Waals surface area (Å²) >= 11 is 18.1. The fraction of sp³-hybridized carbons (Fsp3) is 0.143. The Morgan fingerprint density at radius 1 is 1.05 bits per heavy atom. The quantitative estimate of drug-likeness (QED) is 0.728. The minimum absolute atomic E-state index is 0.444. The summed E-state index contributed by atoms with van der Waals surface area (Å²) in [4.78, 5) is 0. The summed E-state index contributed by atoms with van der Waals surface area (Å²) in [5.74, 6) is 1.18. The fourth-order valence-corrected chi connectivity index (χ4v) is 2.39. The van der Waals surface area contributed by atoms with Gasteiger partial charge in [-0.15, -0.1) is 0 Å². The summed E-state index contributed by atoms with van der Waals surface area (Å²) in [6.07, 6.45) is 0. The zero-order chi connectivity index (χ0) is 14.2. The highest BCUT2D eigenvalue weighted by Gasteiger charge is 2.13. The lowest BCUT2D eigenvalue weighted by atomic mass is 10.1. The summed E-state index contributed by atoms with van der Waals surface area (Å²) < 4.78 is 5.83. The van der Waals surface area contributed by atoms with Crippen LogP contribution >= 0.6 is 34.8 Å². The number of hydrogen-bond acceptors (Lipinski definition) is 2. The van der Waals surface area contributed by atoms with E-state index in [2.05, 4.69) is 0 Å². The van der Waals surface area contributed by atoms with Crippen molar-refractivity contribution in [3.63, 3.8) is 0 Å². The number of ether oxygens (including phenoxy) is 1. The molecule has 0 bridgehead atoms. The van der Waals surface area contributed by atoms with E-state index < -0.39 is 0 Å². The Kier molecular flexibility index (Phi) is 4.14. The Morgan fingerprint density at radius 2 is 1.74 bits per heavy atom. The first-order valence-electron chi connectivity index (χ1n) is 5.58. The van der Waals surface area contributed by atoms with Gasteiger partial charge in [0.25, 0.3) is 0 Å². The number of halogens is 3. The van der Waals surface area contributed by atoms with E-state index in [1.165, 1.54) is 0 Å². The van der Waals surface area contributed by atoms with Gasteiger partial charge in [-0.05, 0) is 43.7 Å². The molecule has 0 amide bonds. The third kappa shape index (κ3) is 2.92. The van der Waals surface area contributed by atoms with E-state index in [1.807, 2.05) is 13.8 Å². The molecule has 0 aliphatic carbocycles. The van der Waals surface area contributed by atoms with Crippen molar-refractivity contribution in [1.29, 1.82) is 0 Å². The molecule has 0 atom stereocenters. The Labute approximate surface area is 127 Å². The molecule has 0 aromatic heterocycles. The molecule has 0 saturated heterocycles. The molecule has 0 spiro atoms. The zero-order valence-corrected chi connectivity index (χ0v) is 12.7. The molecule has 100 valence electrons. The van der Waals surface area contributed by atoms with Crippen LogP contribution in [0.5, 0.6) is 11.5 Å². The lowest BCUT2D eigenvalue weighted by Crippen LogP contribution is -1.96. The number of hydrogen-bond donors (Lipinski definition) is 1. The molecule has 2 N–H and O–H groups in total. The van der Waals surface area contributed by atoms with Crippen LogP contribution in [-0.2, 0) is 0 Å². The van der Waals surface area contributed by atoms with E-state index in [0.717, 1.165) is 11.1 Å². The molecule has 2 rings (SSSR count). The highest BCUT2D eigenvalue weighted by atomic mass is 35.5. The second kappa shape index (κ2) is 5.49. The van der Waals surface area contributed by atoms with Crippen molar-refractivity contribution in [3.05, 3.63) is 50.5 Å². The summed E-state index contributed by atoms with van der Waals surface area (Å²) in [5, 5.41) is 1.49. The molecule has 0 radical (unpaired) electrons. The number of rotatable bonds is 2. The van der Waals surface area contributed by atoms with Crippen LogP contribution in [0.1, 0.15) is 11.1 Å². The molecule has 2 nitrogen and oxygen atoms in total. The second-order valence-electron chi connectivity index (χ2n) is 4.23. The Morgan fingerprint density at radius 3 is 2.37 bits per heavy atom. The maximum atomic E-state index is 6.13. The first-order valence-corrected chi connectivity index (χ1v) is 6.71. The van der Waals surface area contributed by atoms with Crippen molar-refractivity contribution >= 4 is 40.5 Å². The van der Waals surface area contributed by atoms with Crippen LogP contribution in [-0.4, -0.2) is 0 Å². The molecule has 19 heavy (non-hydrogen) atoms. The molecule has 2 aromatic rings. The largest absolute Gasteiger partial charge is 0.455 e. The summed E-state index contributed by atoms with van der Waals surface area (Å²) in [6, 6.07) is 6.83. The highest BCUT2D eigenvalue weighted by molar-refractivity contribution is 6.35. The monoisotopic (exact) mass is 315 g/mol. The minimum Gasteiger partial charge on any atom is -0.455 e. The zero-order valence-electron chi connectivity index (χ0n) is 10.4. The number of benzene rings is 2. The molecule has 5 heteroatoms. The molecule has 0 aliphatic rings. The molecule has 0 fully saturated rings. The van der Waals surface area contributed by atoms with E-state index >= 15 is 0 Å². The standard InChI is InChI=1S/C14H12Cl3NO/c1-7-5-11(18)13(17)8(2)14(7)19-12-4-3-9(15)6-10(12)16/h3-6H,18H2,1-2H3. The number of nitrogens with two attached hydrogens (primary N) is 1. The van der Waals surface area contributed by atoms with Gasteiger partial charge in [-0.2, -0.15) is 0 Å². The predicted octanol–water partition coefficient (Wildman–Crippen LogP) is 5.64. The lowest BCUT2D eigenvalue weighted by Gasteiger charge is -2.15. The second-order valence-corrected chi connectivity index (χ2v) is 5.45. The topological polar surface area (TPSA) is 35.2 Å². The first-order chi connectivity index (χ1) is 8.90. The van der Waals surface area contributed by atoms with Gasteiger partial charge in [-0.25, -0.2) is 0 Å². The molecule has 0 unspecified atom stereocenters. The highest BCUT2D eigenvalue weighted by Crippen LogP contribution is 2.39. The summed E-state index contributed by atoms with van der Waals surface area (Å²) in [7, 11) is 0. The van der Waals surface area contributed by atoms with E-state index in [4.69, 9.17) is 45.3 Å². The van der Waals surface area contributed by atoms with Crippen LogP contribution in [0.4, 0.5) is 5.69 Å². The first kappa shape index (κ1) is 14.3. The molecule has 0 aliphatic heterocycles. The maximum Gasteiger partial charge on any atom is 0.146 e. The number of anilines is 1. The van der Waals surface area contributed by atoms with Gasteiger partial charge in [-0.1, -0.05) is 34.8 Å². The normalized spacial score (nSPS) is 10.6. The molecular weight excluding hydrogens is 305 g/mol. The van der Waals surface area contributed by atoms with E-state index in [9.17, 15) is 0 Å². The Balaban J connectivity index is 2.47. The minimum atomic E-state index is 0.444. The Bertz CT molecular complexity index is 641. The van der Waals surface area contributed by atoms with Crippen molar-refractivity contribution in [3.8, 4) is 11.5 Å². The van der Waals surface area contributed by atoms with Gasteiger partial charge in [0.2, 0.25) is 0 Å². The maximum absolute atomic E-state index is 6.13. The third-order valence-corrected chi connectivity index (χ3v) is 3.79. The van der Waals surface area contributed by atoms with Crippen LogP contribution in [0.15, 0.2) is 24.3 Å². The smallest absolute Gasteiger partial charge is 0.146 e. The summed E-state index contributed by atoms with van der Waals surface area (Å²) in [5.41, 5.74) is 8.01. The third-order valence-electron chi connectivity index (χ3n) is 2.76. The summed E-state index contributed by atoms with van der Waals surface area (Å²) in [6.45, 7) is 3.75. The average Bonchev–Trinajstić information content (AvgIpc) is 2.34. The predicted molar refractivity (Wildman–Crippen MR) is 81.9 cm³/mol. The van der Waals surface area contributed by atoms with Gasteiger partial charge in [0.1, 0.15) is 11.5 Å². The Hall–Kier alpha value is -1.09. The van der Waals surface area contributed by atoms with E-state index in [0.29, 0.717) is 32.3 Å². The lowest BCUT2D eigenvalue weighted by molar-refractivity contribution is 0.475. The molecular formula is C14H12Cl3NO. The molecule has 0 heterocycles.